The smallest absolute Gasteiger partial charge is 0.326 e. The Morgan fingerprint density at radius 3 is 2.70 bits per heavy atom. The van der Waals surface area contributed by atoms with Gasteiger partial charge in [-0.3, -0.25) is 4.79 Å². The molecular formula is C16H20ClNO5. The number of amides is 1. The molecule has 1 aliphatic rings. The van der Waals surface area contributed by atoms with Gasteiger partial charge in [-0.15, -0.1) is 0 Å². The number of hydrogen-bond acceptors (Lipinski definition) is 4. The summed E-state index contributed by atoms with van der Waals surface area (Å²) in [5.41, 5.74) is 0.644. The van der Waals surface area contributed by atoms with Crippen molar-refractivity contribution >= 4 is 23.5 Å². The van der Waals surface area contributed by atoms with E-state index in [1.165, 1.54) is 0 Å². The van der Waals surface area contributed by atoms with Crippen molar-refractivity contribution in [1.29, 1.82) is 0 Å². The molecule has 0 radical (unpaired) electrons. The fraction of sp³-hybridized carbons (Fsp3) is 0.500. The molecule has 0 aromatic heterocycles. The highest BCUT2D eigenvalue weighted by Gasteiger charge is 2.25. The summed E-state index contributed by atoms with van der Waals surface area (Å²) in [6, 6.07) is 2.42. The number of aliphatic carboxylic acids is 1. The monoisotopic (exact) mass is 341 g/mol. The fourth-order valence-corrected chi connectivity index (χ4v) is 2.65. The molecule has 0 spiro atoms. The summed E-state index contributed by atoms with van der Waals surface area (Å²) in [6.45, 7) is 4.53. The SMILES string of the molecule is CCC(C)C(NC(=O)Cc1cc(Cl)c2c(c1)OCCO2)C(=O)O. The van der Waals surface area contributed by atoms with E-state index in [0.717, 1.165) is 0 Å². The largest absolute Gasteiger partial charge is 0.486 e. The molecule has 2 N–H and O–H groups in total. The minimum Gasteiger partial charge on any atom is -0.486 e. The number of carboxylic acids is 1. The molecule has 0 saturated heterocycles. The molecule has 1 aliphatic heterocycles. The average Bonchev–Trinajstić information content (AvgIpc) is 2.51. The van der Waals surface area contributed by atoms with E-state index in [1.54, 1.807) is 19.1 Å². The molecule has 2 atom stereocenters. The lowest BCUT2D eigenvalue weighted by Gasteiger charge is -2.21. The first-order valence-electron chi connectivity index (χ1n) is 7.52. The van der Waals surface area contributed by atoms with Crippen molar-refractivity contribution in [3.05, 3.63) is 22.7 Å². The Morgan fingerprint density at radius 1 is 1.35 bits per heavy atom. The lowest BCUT2D eigenvalue weighted by molar-refractivity contribution is -0.143. The number of ether oxygens (including phenoxy) is 2. The predicted octanol–water partition coefficient (Wildman–Crippen LogP) is 2.27. The lowest BCUT2D eigenvalue weighted by Crippen LogP contribution is -2.45. The van der Waals surface area contributed by atoms with E-state index in [1.807, 2.05) is 6.92 Å². The van der Waals surface area contributed by atoms with E-state index in [0.29, 0.717) is 41.7 Å². The summed E-state index contributed by atoms with van der Waals surface area (Å²) in [6.07, 6.45) is 0.684. The van der Waals surface area contributed by atoms with Crippen molar-refractivity contribution < 1.29 is 24.2 Å². The summed E-state index contributed by atoms with van der Waals surface area (Å²) in [5, 5.41) is 12.2. The van der Waals surface area contributed by atoms with Gasteiger partial charge in [0.25, 0.3) is 0 Å². The maximum absolute atomic E-state index is 12.1. The number of benzene rings is 1. The second-order valence-electron chi connectivity index (χ2n) is 5.55. The van der Waals surface area contributed by atoms with Crippen LogP contribution in [0.25, 0.3) is 0 Å². The Balaban J connectivity index is 2.08. The van der Waals surface area contributed by atoms with Crippen LogP contribution in [-0.4, -0.2) is 36.2 Å². The minimum atomic E-state index is -1.03. The summed E-state index contributed by atoms with van der Waals surface area (Å²) in [5.74, 6) is -0.577. The highest BCUT2D eigenvalue weighted by atomic mass is 35.5. The van der Waals surface area contributed by atoms with Gasteiger partial charge in [-0.25, -0.2) is 4.79 Å². The molecule has 23 heavy (non-hydrogen) atoms. The Labute approximate surface area is 139 Å². The van der Waals surface area contributed by atoms with Gasteiger partial charge < -0.3 is 19.9 Å². The van der Waals surface area contributed by atoms with Crippen LogP contribution in [0.1, 0.15) is 25.8 Å². The minimum absolute atomic E-state index is 0.0244. The third-order valence-electron chi connectivity index (χ3n) is 3.82. The van der Waals surface area contributed by atoms with Crippen molar-refractivity contribution in [2.24, 2.45) is 5.92 Å². The van der Waals surface area contributed by atoms with Crippen LogP contribution < -0.4 is 14.8 Å². The van der Waals surface area contributed by atoms with Gasteiger partial charge in [0.1, 0.15) is 19.3 Å². The van der Waals surface area contributed by atoms with Gasteiger partial charge in [-0.05, 0) is 23.6 Å². The summed E-state index contributed by atoms with van der Waals surface area (Å²) < 4.78 is 10.9. The molecule has 1 amide bonds. The van der Waals surface area contributed by atoms with Gasteiger partial charge in [0.05, 0.1) is 11.4 Å². The number of carbonyl (C=O) groups is 2. The summed E-state index contributed by atoms with van der Waals surface area (Å²) >= 11 is 6.13. The first-order chi connectivity index (χ1) is 10.9. The van der Waals surface area contributed by atoms with Gasteiger partial charge in [-0.2, -0.15) is 0 Å². The molecule has 2 unspecified atom stereocenters. The third-order valence-corrected chi connectivity index (χ3v) is 4.10. The Hall–Kier alpha value is -1.95. The van der Waals surface area contributed by atoms with Gasteiger partial charge in [0.2, 0.25) is 5.91 Å². The molecule has 6 nitrogen and oxygen atoms in total. The highest BCUT2D eigenvalue weighted by molar-refractivity contribution is 6.32. The van der Waals surface area contributed by atoms with Crippen molar-refractivity contribution in [3.8, 4) is 11.5 Å². The van der Waals surface area contributed by atoms with Gasteiger partial charge in [0, 0.05) is 0 Å². The van der Waals surface area contributed by atoms with Crippen LogP contribution in [0.5, 0.6) is 11.5 Å². The van der Waals surface area contributed by atoms with Gasteiger partial charge >= 0.3 is 5.97 Å². The molecule has 0 bridgehead atoms. The number of nitrogens with one attached hydrogen (secondary N) is 1. The van der Waals surface area contributed by atoms with Crippen LogP contribution in [0.15, 0.2) is 12.1 Å². The fourth-order valence-electron chi connectivity index (χ4n) is 2.36. The highest BCUT2D eigenvalue weighted by Crippen LogP contribution is 2.38. The van der Waals surface area contributed by atoms with E-state index in [-0.39, 0.29) is 18.2 Å². The van der Waals surface area contributed by atoms with Crippen LogP contribution in [0.4, 0.5) is 0 Å². The van der Waals surface area contributed by atoms with Crippen LogP contribution in [0.2, 0.25) is 5.02 Å². The number of rotatable bonds is 6. The van der Waals surface area contributed by atoms with E-state index >= 15 is 0 Å². The lowest BCUT2D eigenvalue weighted by atomic mass is 9.99. The summed E-state index contributed by atoms with van der Waals surface area (Å²) in [4.78, 5) is 23.4. The van der Waals surface area contributed by atoms with Crippen LogP contribution in [0, 0.1) is 5.92 Å². The molecule has 0 aliphatic carbocycles. The summed E-state index contributed by atoms with van der Waals surface area (Å²) in [7, 11) is 0. The molecule has 7 heteroatoms. The van der Waals surface area contributed by atoms with E-state index in [4.69, 9.17) is 21.1 Å². The van der Waals surface area contributed by atoms with Crippen LogP contribution >= 0.6 is 11.6 Å². The number of halogens is 1. The molecule has 0 fully saturated rings. The van der Waals surface area contributed by atoms with Gasteiger partial charge in [0.15, 0.2) is 11.5 Å². The molecule has 1 heterocycles. The average molecular weight is 342 g/mol. The van der Waals surface area contributed by atoms with E-state index in [2.05, 4.69) is 5.32 Å². The quantitative estimate of drug-likeness (QED) is 0.829. The van der Waals surface area contributed by atoms with Crippen molar-refractivity contribution in [3.63, 3.8) is 0 Å². The van der Waals surface area contributed by atoms with E-state index < -0.39 is 12.0 Å². The van der Waals surface area contributed by atoms with Crippen LogP contribution in [-0.2, 0) is 16.0 Å². The molecule has 0 saturated carbocycles. The maximum Gasteiger partial charge on any atom is 0.326 e. The van der Waals surface area contributed by atoms with E-state index in [9.17, 15) is 14.7 Å². The third kappa shape index (κ3) is 4.28. The zero-order valence-corrected chi connectivity index (χ0v) is 13.9. The number of fused-ring (bicyclic) bond motifs is 1. The predicted molar refractivity (Wildman–Crippen MR) is 85.2 cm³/mol. The topological polar surface area (TPSA) is 84.9 Å². The Kier molecular flexibility index (Phi) is 5.71. The van der Waals surface area contributed by atoms with Gasteiger partial charge in [-0.1, -0.05) is 31.9 Å². The first-order valence-corrected chi connectivity index (χ1v) is 7.90. The maximum atomic E-state index is 12.1. The number of carbonyl (C=O) groups excluding carboxylic acids is 1. The molecular weight excluding hydrogens is 322 g/mol. The Morgan fingerprint density at radius 2 is 2.04 bits per heavy atom. The second-order valence-corrected chi connectivity index (χ2v) is 5.95. The number of carboxylic acid groups (broad SMARTS) is 1. The van der Waals surface area contributed by atoms with Crippen LogP contribution in [0.3, 0.4) is 0 Å². The number of hydrogen-bond donors (Lipinski definition) is 2. The molecule has 126 valence electrons. The molecule has 2 rings (SSSR count). The normalized spacial score (nSPS) is 15.6. The molecule has 1 aromatic rings. The standard InChI is InChI=1S/C16H20ClNO5/c1-3-9(2)14(16(20)21)18-13(19)8-10-6-11(17)15-12(7-10)22-4-5-23-15/h6-7,9,14H,3-5,8H2,1-2H3,(H,18,19)(H,20,21). The molecule has 1 aromatic carbocycles. The Bertz CT molecular complexity index is 604. The van der Waals surface area contributed by atoms with Crippen molar-refractivity contribution in [2.75, 3.05) is 13.2 Å². The zero-order valence-electron chi connectivity index (χ0n) is 13.1. The first kappa shape index (κ1) is 17.4. The zero-order chi connectivity index (χ0) is 17.0. The van der Waals surface area contributed by atoms with Crippen molar-refractivity contribution in [2.45, 2.75) is 32.7 Å². The van der Waals surface area contributed by atoms with Crippen molar-refractivity contribution in [1.82, 2.24) is 5.32 Å². The second kappa shape index (κ2) is 7.55.